The SMILES string of the molecule is COc1cc(NC(=O)Nc2c(-c3ccc(C)cc3C)n[nH]c2C2CC2)cc(OC)c1. The zero-order valence-corrected chi connectivity index (χ0v) is 17.6. The van der Waals surface area contributed by atoms with E-state index in [1.807, 2.05) is 6.07 Å². The zero-order valence-electron chi connectivity index (χ0n) is 17.6. The average Bonchev–Trinajstić information content (AvgIpc) is 3.49. The number of carbonyl (C=O) groups is 1. The second-order valence-electron chi connectivity index (χ2n) is 7.63. The van der Waals surface area contributed by atoms with Crippen molar-refractivity contribution in [1.29, 1.82) is 0 Å². The van der Waals surface area contributed by atoms with Gasteiger partial charge in [0, 0.05) is 35.4 Å². The van der Waals surface area contributed by atoms with Gasteiger partial charge in [0.1, 0.15) is 17.2 Å². The molecule has 3 aromatic rings. The lowest BCUT2D eigenvalue weighted by Gasteiger charge is -2.13. The first-order valence-corrected chi connectivity index (χ1v) is 9.95. The highest BCUT2D eigenvalue weighted by molar-refractivity contribution is 6.03. The van der Waals surface area contributed by atoms with E-state index in [1.54, 1.807) is 32.4 Å². The van der Waals surface area contributed by atoms with Gasteiger partial charge in [-0.2, -0.15) is 5.10 Å². The molecular weight excluding hydrogens is 380 g/mol. The van der Waals surface area contributed by atoms with Crippen molar-refractivity contribution in [3.63, 3.8) is 0 Å². The molecule has 1 aliphatic carbocycles. The number of amides is 2. The van der Waals surface area contributed by atoms with E-state index in [4.69, 9.17) is 9.47 Å². The third kappa shape index (κ3) is 4.10. The van der Waals surface area contributed by atoms with Gasteiger partial charge < -0.3 is 20.1 Å². The molecular formula is C23H26N4O3. The van der Waals surface area contributed by atoms with E-state index < -0.39 is 0 Å². The minimum absolute atomic E-state index is 0.348. The van der Waals surface area contributed by atoms with Gasteiger partial charge in [0.15, 0.2) is 0 Å². The molecule has 2 amide bonds. The Kier molecular flexibility index (Phi) is 5.35. The number of carbonyl (C=O) groups excluding carboxylic acids is 1. The van der Waals surface area contributed by atoms with E-state index in [0.717, 1.165) is 41.0 Å². The number of nitrogens with one attached hydrogen (secondary N) is 3. The van der Waals surface area contributed by atoms with Gasteiger partial charge in [0.25, 0.3) is 0 Å². The minimum Gasteiger partial charge on any atom is -0.497 e. The topological polar surface area (TPSA) is 88.3 Å². The van der Waals surface area contributed by atoms with Crippen LogP contribution in [-0.4, -0.2) is 30.4 Å². The molecule has 0 bridgehead atoms. The Morgan fingerprint density at radius 2 is 1.73 bits per heavy atom. The minimum atomic E-state index is -0.348. The molecule has 0 saturated heterocycles. The van der Waals surface area contributed by atoms with E-state index in [0.29, 0.717) is 23.1 Å². The number of aromatic nitrogens is 2. The fraction of sp³-hybridized carbons (Fsp3) is 0.304. The van der Waals surface area contributed by atoms with Gasteiger partial charge >= 0.3 is 6.03 Å². The quantitative estimate of drug-likeness (QED) is 0.523. The Morgan fingerprint density at radius 3 is 2.33 bits per heavy atom. The molecule has 2 aromatic carbocycles. The molecule has 1 heterocycles. The van der Waals surface area contributed by atoms with Gasteiger partial charge in [-0.15, -0.1) is 0 Å². The molecule has 1 fully saturated rings. The number of ether oxygens (including phenoxy) is 2. The molecule has 1 aromatic heterocycles. The zero-order chi connectivity index (χ0) is 21.3. The van der Waals surface area contributed by atoms with Gasteiger partial charge in [-0.05, 0) is 32.3 Å². The second-order valence-corrected chi connectivity index (χ2v) is 7.63. The number of anilines is 2. The summed E-state index contributed by atoms with van der Waals surface area (Å²) in [5.41, 5.74) is 6.35. The van der Waals surface area contributed by atoms with Gasteiger partial charge in [0.2, 0.25) is 0 Å². The second kappa shape index (κ2) is 8.10. The molecule has 3 N–H and O–H groups in total. The van der Waals surface area contributed by atoms with Crippen LogP contribution in [0.3, 0.4) is 0 Å². The third-order valence-corrected chi connectivity index (χ3v) is 5.26. The maximum absolute atomic E-state index is 12.9. The van der Waals surface area contributed by atoms with Crippen molar-refractivity contribution >= 4 is 17.4 Å². The summed E-state index contributed by atoms with van der Waals surface area (Å²) in [5.74, 6) is 1.61. The van der Waals surface area contributed by atoms with Crippen LogP contribution in [0.15, 0.2) is 36.4 Å². The number of H-pyrrole nitrogens is 1. The summed E-state index contributed by atoms with van der Waals surface area (Å²) in [5, 5.41) is 13.6. The molecule has 0 spiro atoms. The van der Waals surface area contributed by atoms with Crippen molar-refractivity contribution in [3.05, 3.63) is 53.2 Å². The highest BCUT2D eigenvalue weighted by atomic mass is 16.5. The lowest BCUT2D eigenvalue weighted by Crippen LogP contribution is -2.20. The molecule has 0 aliphatic heterocycles. The third-order valence-electron chi connectivity index (χ3n) is 5.26. The van der Waals surface area contributed by atoms with Gasteiger partial charge in [-0.1, -0.05) is 23.8 Å². The number of hydrogen-bond donors (Lipinski definition) is 3. The number of nitrogens with zero attached hydrogens (tertiary/aromatic N) is 1. The van der Waals surface area contributed by atoms with Crippen molar-refractivity contribution in [2.45, 2.75) is 32.6 Å². The van der Waals surface area contributed by atoms with Crippen LogP contribution in [0.5, 0.6) is 11.5 Å². The molecule has 4 rings (SSSR count). The fourth-order valence-electron chi connectivity index (χ4n) is 3.58. The monoisotopic (exact) mass is 406 g/mol. The number of aryl methyl sites for hydroxylation is 2. The number of benzene rings is 2. The first-order valence-electron chi connectivity index (χ1n) is 9.95. The van der Waals surface area contributed by atoms with Crippen LogP contribution in [0, 0.1) is 13.8 Å². The van der Waals surface area contributed by atoms with Crippen molar-refractivity contribution < 1.29 is 14.3 Å². The summed E-state index contributed by atoms with van der Waals surface area (Å²) in [6.45, 7) is 4.12. The molecule has 7 heteroatoms. The maximum atomic E-state index is 12.9. The van der Waals surface area contributed by atoms with Crippen LogP contribution in [0.1, 0.15) is 35.6 Å². The number of urea groups is 1. The first-order chi connectivity index (χ1) is 14.5. The first kappa shape index (κ1) is 19.8. The Balaban J connectivity index is 1.62. The summed E-state index contributed by atoms with van der Waals surface area (Å²) in [4.78, 5) is 12.9. The predicted molar refractivity (Wildman–Crippen MR) is 118 cm³/mol. The molecule has 7 nitrogen and oxygen atoms in total. The van der Waals surface area contributed by atoms with Crippen molar-refractivity contribution in [2.24, 2.45) is 0 Å². The van der Waals surface area contributed by atoms with Crippen LogP contribution in [-0.2, 0) is 0 Å². The van der Waals surface area contributed by atoms with Crippen molar-refractivity contribution in [3.8, 4) is 22.8 Å². The summed E-state index contributed by atoms with van der Waals surface area (Å²) >= 11 is 0. The average molecular weight is 406 g/mol. The lowest BCUT2D eigenvalue weighted by molar-refractivity contribution is 0.262. The van der Waals surface area contributed by atoms with E-state index in [1.165, 1.54) is 5.56 Å². The molecule has 0 unspecified atom stereocenters. The largest absolute Gasteiger partial charge is 0.497 e. The van der Waals surface area contributed by atoms with Crippen molar-refractivity contribution in [2.75, 3.05) is 24.9 Å². The van der Waals surface area contributed by atoms with E-state index >= 15 is 0 Å². The summed E-state index contributed by atoms with van der Waals surface area (Å²) in [6, 6.07) is 11.1. The molecule has 0 radical (unpaired) electrons. The maximum Gasteiger partial charge on any atom is 0.323 e. The molecule has 1 saturated carbocycles. The molecule has 1 aliphatic rings. The van der Waals surface area contributed by atoms with E-state index in [-0.39, 0.29) is 6.03 Å². The highest BCUT2D eigenvalue weighted by Gasteiger charge is 2.31. The smallest absolute Gasteiger partial charge is 0.323 e. The Bertz CT molecular complexity index is 1060. The van der Waals surface area contributed by atoms with Crippen molar-refractivity contribution in [1.82, 2.24) is 10.2 Å². The van der Waals surface area contributed by atoms with E-state index in [9.17, 15) is 4.79 Å². The molecule has 156 valence electrons. The van der Waals surface area contributed by atoms with Crippen LogP contribution >= 0.6 is 0 Å². The Morgan fingerprint density at radius 1 is 1.03 bits per heavy atom. The Labute approximate surface area is 175 Å². The number of aromatic amines is 1. The predicted octanol–water partition coefficient (Wildman–Crippen LogP) is 5.23. The summed E-state index contributed by atoms with van der Waals surface area (Å²) in [7, 11) is 3.14. The van der Waals surface area contributed by atoms with Gasteiger partial charge in [-0.3, -0.25) is 5.10 Å². The van der Waals surface area contributed by atoms with Gasteiger partial charge in [0.05, 0.1) is 25.6 Å². The van der Waals surface area contributed by atoms with Crippen LogP contribution in [0.4, 0.5) is 16.2 Å². The molecule has 30 heavy (non-hydrogen) atoms. The van der Waals surface area contributed by atoms with Gasteiger partial charge in [-0.25, -0.2) is 4.79 Å². The van der Waals surface area contributed by atoms with Crippen LogP contribution in [0.2, 0.25) is 0 Å². The lowest BCUT2D eigenvalue weighted by atomic mass is 10.0. The standard InChI is InChI=1S/C23H26N4O3/c1-13-5-8-19(14(2)9-13)21-22(20(26-27-21)15-6-7-15)25-23(28)24-16-10-17(29-3)12-18(11-16)30-4/h5,8-12,15H,6-7H2,1-4H3,(H,26,27)(H2,24,25,28). The number of hydrogen-bond acceptors (Lipinski definition) is 4. The van der Waals surface area contributed by atoms with Crippen LogP contribution in [0.25, 0.3) is 11.3 Å². The number of methoxy groups -OCH3 is 2. The highest BCUT2D eigenvalue weighted by Crippen LogP contribution is 2.45. The summed E-state index contributed by atoms with van der Waals surface area (Å²) in [6.07, 6.45) is 2.19. The van der Waals surface area contributed by atoms with Crippen LogP contribution < -0.4 is 20.1 Å². The molecule has 0 atom stereocenters. The normalized spacial score (nSPS) is 13.1. The fourth-order valence-corrected chi connectivity index (χ4v) is 3.58. The summed E-state index contributed by atoms with van der Waals surface area (Å²) < 4.78 is 10.6. The van der Waals surface area contributed by atoms with E-state index in [2.05, 4.69) is 46.8 Å². The number of rotatable bonds is 6. The Hall–Kier alpha value is -3.48.